The molecule has 7 heteroatoms. The first-order valence-electron chi connectivity index (χ1n) is 8.43. The first kappa shape index (κ1) is 14.8. The normalized spacial score (nSPS) is 13.9. The lowest BCUT2D eigenvalue weighted by Gasteiger charge is -2.27. The van der Waals surface area contributed by atoms with E-state index in [0.29, 0.717) is 29.9 Å². The molecule has 0 unspecified atom stereocenters. The van der Waals surface area contributed by atoms with Gasteiger partial charge in [-0.05, 0) is 11.5 Å². The molecule has 1 aliphatic heterocycles. The van der Waals surface area contributed by atoms with Gasteiger partial charge in [0, 0.05) is 36.8 Å². The topological polar surface area (TPSA) is 83.4 Å². The van der Waals surface area contributed by atoms with Crippen LogP contribution in [0.3, 0.4) is 0 Å². The van der Waals surface area contributed by atoms with E-state index >= 15 is 0 Å². The van der Waals surface area contributed by atoms with E-state index in [2.05, 4.69) is 15.1 Å². The summed E-state index contributed by atoms with van der Waals surface area (Å²) < 4.78 is 1.41. The van der Waals surface area contributed by atoms with E-state index in [1.165, 1.54) is 4.52 Å². The van der Waals surface area contributed by atoms with Crippen LogP contribution in [0.15, 0.2) is 53.6 Å². The number of H-pyrrole nitrogens is 1. The number of hydrogen-bond acceptors (Lipinski definition) is 4. The molecule has 0 saturated heterocycles. The first-order valence-corrected chi connectivity index (χ1v) is 8.43. The van der Waals surface area contributed by atoms with Crippen LogP contribution >= 0.6 is 0 Å². The summed E-state index contributed by atoms with van der Waals surface area (Å²) in [4.78, 5) is 36.3. The molecule has 0 radical (unpaired) electrons. The fourth-order valence-corrected chi connectivity index (χ4v) is 3.53. The van der Waals surface area contributed by atoms with Crippen molar-refractivity contribution in [2.75, 3.05) is 6.54 Å². The van der Waals surface area contributed by atoms with Crippen LogP contribution in [0.5, 0.6) is 0 Å². The number of nitrogens with one attached hydrogen (secondary N) is 1. The maximum Gasteiger partial charge on any atom is 0.277 e. The third-order valence-electron chi connectivity index (χ3n) is 4.86. The van der Waals surface area contributed by atoms with Crippen LogP contribution in [0, 0.1) is 0 Å². The van der Waals surface area contributed by atoms with Crippen LogP contribution in [-0.4, -0.2) is 36.9 Å². The number of aromatic amines is 1. The highest BCUT2D eigenvalue weighted by Crippen LogP contribution is 2.21. The van der Waals surface area contributed by atoms with Crippen molar-refractivity contribution in [3.8, 4) is 0 Å². The van der Waals surface area contributed by atoms with E-state index in [9.17, 15) is 9.59 Å². The Labute approximate surface area is 147 Å². The van der Waals surface area contributed by atoms with E-state index in [1.807, 2.05) is 30.3 Å². The van der Waals surface area contributed by atoms with Gasteiger partial charge in [0.2, 0.25) is 0 Å². The molecule has 128 valence electrons. The van der Waals surface area contributed by atoms with Crippen molar-refractivity contribution in [1.82, 2.24) is 24.5 Å². The van der Waals surface area contributed by atoms with Crippen LogP contribution < -0.4 is 5.56 Å². The summed E-state index contributed by atoms with van der Waals surface area (Å²) in [6.07, 6.45) is 3.88. The van der Waals surface area contributed by atoms with Gasteiger partial charge in [-0.3, -0.25) is 19.7 Å². The molecule has 0 fully saturated rings. The number of benzene rings is 1. The van der Waals surface area contributed by atoms with Gasteiger partial charge in [0.05, 0.1) is 17.8 Å². The van der Waals surface area contributed by atoms with Crippen molar-refractivity contribution in [1.29, 1.82) is 0 Å². The van der Waals surface area contributed by atoms with Gasteiger partial charge in [-0.15, -0.1) is 0 Å². The minimum Gasteiger partial charge on any atom is -0.332 e. The Morgan fingerprint density at radius 3 is 2.96 bits per heavy atom. The lowest BCUT2D eigenvalue weighted by atomic mass is 10.0. The second-order valence-electron chi connectivity index (χ2n) is 6.36. The fraction of sp³-hybridized carbons (Fsp3) is 0.158. The zero-order valence-electron chi connectivity index (χ0n) is 13.8. The Morgan fingerprint density at radius 2 is 2.04 bits per heavy atom. The van der Waals surface area contributed by atoms with Crippen molar-refractivity contribution in [3.63, 3.8) is 0 Å². The van der Waals surface area contributed by atoms with Crippen molar-refractivity contribution in [2.45, 2.75) is 13.0 Å². The largest absolute Gasteiger partial charge is 0.332 e. The molecule has 0 bridgehead atoms. The van der Waals surface area contributed by atoms with Gasteiger partial charge >= 0.3 is 0 Å². The highest BCUT2D eigenvalue weighted by Gasteiger charge is 2.27. The monoisotopic (exact) mass is 345 g/mol. The van der Waals surface area contributed by atoms with E-state index in [1.54, 1.807) is 23.4 Å². The summed E-state index contributed by atoms with van der Waals surface area (Å²) in [5.74, 6) is -0.163. The summed E-state index contributed by atoms with van der Waals surface area (Å²) >= 11 is 0. The van der Waals surface area contributed by atoms with Gasteiger partial charge in [0.25, 0.3) is 11.5 Å². The van der Waals surface area contributed by atoms with Crippen molar-refractivity contribution in [2.24, 2.45) is 0 Å². The molecule has 4 heterocycles. The number of fused-ring (bicyclic) bond motifs is 3. The summed E-state index contributed by atoms with van der Waals surface area (Å²) in [5, 5.41) is 4.65. The second-order valence-corrected chi connectivity index (χ2v) is 6.36. The molecule has 26 heavy (non-hydrogen) atoms. The van der Waals surface area contributed by atoms with Crippen molar-refractivity contribution in [3.05, 3.63) is 76.1 Å². The Hall–Kier alpha value is -3.48. The second kappa shape index (κ2) is 5.52. The van der Waals surface area contributed by atoms with Gasteiger partial charge in [0.15, 0.2) is 5.65 Å². The number of pyridine rings is 1. The smallest absolute Gasteiger partial charge is 0.277 e. The van der Waals surface area contributed by atoms with Crippen LogP contribution in [0.2, 0.25) is 0 Å². The first-order chi connectivity index (χ1) is 12.7. The highest BCUT2D eigenvalue weighted by molar-refractivity contribution is 6.05. The third kappa shape index (κ3) is 2.13. The minimum atomic E-state index is -0.163. The molecule has 7 nitrogen and oxygen atoms in total. The Morgan fingerprint density at radius 1 is 1.15 bits per heavy atom. The summed E-state index contributed by atoms with van der Waals surface area (Å²) in [5.41, 5.74) is 2.19. The maximum atomic E-state index is 13.1. The molecule has 0 atom stereocenters. The van der Waals surface area contributed by atoms with Crippen LogP contribution in [0.4, 0.5) is 0 Å². The number of nitrogens with zero attached hydrogens (tertiary/aromatic N) is 4. The predicted molar refractivity (Wildman–Crippen MR) is 96.0 cm³/mol. The Balaban J connectivity index is 1.56. The predicted octanol–water partition coefficient (Wildman–Crippen LogP) is 1.77. The third-order valence-corrected chi connectivity index (χ3v) is 4.86. The molecule has 1 aromatic carbocycles. The number of rotatable bonds is 1. The molecule has 0 spiro atoms. The number of amides is 1. The molecule has 1 N–H and O–H groups in total. The molecule has 4 aromatic rings. The average Bonchev–Trinajstić information content (AvgIpc) is 3.16. The Bertz CT molecular complexity index is 1220. The number of carbonyl (C=O) groups excluding carboxylic acids is 1. The SMILES string of the molecule is O=C(c1nccc2ccccc12)N1CCc2nc3cc[nH]n3c(=O)c2C1. The van der Waals surface area contributed by atoms with Gasteiger partial charge < -0.3 is 4.90 Å². The van der Waals surface area contributed by atoms with Gasteiger partial charge in [0.1, 0.15) is 5.69 Å². The zero-order valence-corrected chi connectivity index (χ0v) is 13.8. The summed E-state index contributed by atoms with van der Waals surface area (Å²) in [6.45, 7) is 0.761. The van der Waals surface area contributed by atoms with E-state index in [4.69, 9.17) is 0 Å². The van der Waals surface area contributed by atoms with E-state index < -0.39 is 0 Å². The van der Waals surface area contributed by atoms with Crippen LogP contribution in [-0.2, 0) is 13.0 Å². The Kier molecular flexibility index (Phi) is 3.15. The lowest BCUT2D eigenvalue weighted by Crippen LogP contribution is -2.40. The van der Waals surface area contributed by atoms with Gasteiger partial charge in [-0.2, -0.15) is 0 Å². The molecule has 3 aromatic heterocycles. The standard InChI is InChI=1S/C19H15N5O2/c25-18-14-11-23(10-7-15(14)22-16-6-9-21-24(16)18)19(26)17-13-4-2-1-3-12(13)5-8-20-17/h1-6,8-9,21H,7,10-11H2. The van der Waals surface area contributed by atoms with Gasteiger partial charge in [-0.1, -0.05) is 24.3 Å². The van der Waals surface area contributed by atoms with E-state index in [-0.39, 0.29) is 18.0 Å². The molecule has 0 saturated carbocycles. The van der Waals surface area contributed by atoms with Gasteiger partial charge in [-0.25, -0.2) is 9.50 Å². The number of hydrogen-bond donors (Lipinski definition) is 1. The van der Waals surface area contributed by atoms with Crippen molar-refractivity contribution >= 4 is 22.3 Å². The lowest BCUT2D eigenvalue weighted by molar-refractivity contribution is 0.0729. The average molecular weight is 345 g/mol. The summed E-state index contributed by atoms with van der Waals surface area (Å²) in [6, 6.07) is 11.3. The maximum absolute atomic E-state index is 13.1. The molecule has 1 amide bonds. The number of aromatic nitrogens is 4. The molecule has 1 aliphatic rings. The zero-order chi connectivity index (χ0) is 17.7. The van der Waals surface area contributed by atoms with Crippen LogP contribution in [0.25, 0.3) is 16.4 Å². The molecular formula is C19H15N5O2. The van der Waals surface area contributed by atoms with Crippen molar-refractivity contribution < 1.29 is 4.79 Å². The van der Waals surface area contributed by atoms with Crippen LogP contribution in [0.1, 0.15) is 21.7 Å². The molecule has 0 aliphatic carbocycles. The summed E-state index contributed by atoms with van der Waals surface area (Å²) in [7, 11) is 0. The molecule has 5 rings (SSSR count). The highest BCUT2D eigenvalue weighted by atomic mass is 16.2. The number of carbonyl (C=O) groups is 1. The fourth-order valence-electron chi connectivity index (χ4n) is 3.53. The minimum absolute atomic E-state index is 0.154. The van der Waals surface area contributed by atoms with E-state index in [0.717, 1.165) is 16.5 Å². The molecular weight excluding hydrogens is 330 g/mol. The quantitative estimate of drug-likeness (QED) is 0.570.